The number of benzene rings is 1. The Kier molecular flexibility index (Phi) is 3.53. The van der Waals surface area contributed by atoms with Crippen molar-refractivity contribution >= 4 is 27.5 Å². The Labute approximate surface area is 106 Å². The van der Waals surface area contributed by atoms with Crippen molar-refractivity contribution in [3.05, 3.63) is 30.2 Å². The van der Waals surface area contributed by atoms with Crippen LogP contribution in [0.25, 0.3) is 11.5 Å². The van der Waals surface area contributed by atoms with Gasteiger partial charge in [0.05, 0.1) is 5.33 Å². The summed E-state index contributed by atoms with van der Waals surface area (Å²) in [5.41, 5.74) is 2.55. The molecule has 0 saturated heterocycles. The van der Waals surface area contributed by atoms with E-state index >= 15 is 0 Å². The molecule has 1 heterocycles. The highest BCUT2D eigenvalue weighted by molar-refractivity contribution is 9.09. The van der Waals surface area contributed by atoms with E-state index in [1.54, 1.807) is 0 Å². The third-order valence-electron chi connectivity index (χ3n) is 2.23. The Morgan fingerprint density at radius 1 is 1.53 bits per heavy atom. The molecule has 6 heteroatoms. The minimum absolute atomic E-state index is 0.0846. The maximum atomic E-state index is 11.2. The van der Waals surface area contributed by atoms with Gasteiger partial charge in [-0.2, -0.15) is 0 Å². The molecule has 88 valence electrons. The molecule has 2 aromatic rings. The maximum absolute atomic E-state index is 11.2. The number of carbonyl (C=O) groups excluding carboxylic acids is 1. The lowest BCUT2D eigenvalue weighted by Crippen LogP contribution is -2.13. The molecular formula is C11H10BrN3O2. The quantitative estimate of drug-likeness (QED) is 0.883. The van der Waals surface area contributed by atoms with Crippen molar-refractivity contribution in [1.29, 1.82) is 0 Å². The molecular weight excluding hydrogens is 286 g/mol. The van der Waals surface area contributed by atoms with Gasteiger partial charge in [-0.25, -0.2) is 0 Å². The van der Waals surface area contributed by atoms with Gasteiger partial charge in [0.1, 0.15) is 0 Å². The number of hydrogen-bond donors (Lipinski definition) is 1. The van der Waals surface area contributed by atoms with Crippen molar-refractivity contribution in [2.45, 2.75) is 6.92 Å². The lowest BCUT2D eigenvalue weighted by atomic mass is 10.1. The highest BCUT2D eigenvalue weighted by Crippen LogP contribution is 2.23. The fraction of sp³-hybridized carbons (Fsp3) is 0.182. The van der Waals surface area contributed by atoms with E-state index in [2.05, 4.69) is 31.4 Å². The molecule has 0 unspecified atom stereocenters. The van der Waals surface area contributed by atoms with Crippen LogP contribution in [0.4, 0.5) is 5.69 Å². The summed E-state index contributed by atoms with van der Waals surface area (Å²) in [5.74, 6) is 0.380. The molecule has 1 aromatic carbocycles. The van der Waals surface area contributed by atoms with E-state index < -0.39 is 0 Å². The lowest BCUT2D eigenvalue weighted by molar-refractivity contribution is -0.113. The first-order valence-corrected chi connectivity index (χ1v) is 6.06. The number of halogens is 1. The van der Waals surface area contributed by atoms with E-state index in [0.717, 1.165) is 16.8 Å². The fourth-order valence-electron chi connectivity index (χ4n) is 1.42. The van der Waals surface area contributed by atoms with Gasteiger partial charge in [-0.05, 0) is 30.7 Å². The van der Waals surface area contributed by atoms with E-state index in [9.17, 15) is 4.79 Å². The fourth-order valence-corrected chi connectivity index (χ4v) is 1.56. The van der Waals surface area contributed by atoms with Crippen molar-refractivity contribution in [3.63, 3.8) is 0 Å². The van der Waals surface area contributed by atoms with Crippen LogP contribution < -0.4 is 5.32 Å². The molecule has 5 nitrogen and oxygen atoms in total. The molecule has 0 aliphatic rings. The van der Waals surface area contributed by atoms with E-state index in [4.69, 9.17) is 4.42 Å². The van der Waals surface area contributed by atoms with E-state index in [-0.39, 0.29) is 11.2 Å². The van der Waals surface area contributed by atoms with Crippen molar-refractivity contribution in [1.82, 2.24) is 10.2 Å². The van der Waals surface area contributed by atoms with Crippen molar-refractivity contribution in [2.24, 2.45) is 0 Å². The first-order chi connectivity index (χ1) is 8.20. The molecule has 0 radical (unpaired) electrons. The van der Waals surface area contributed by atoms with Crippen LogP contribution in [-0.2, 0) is 4.79 Å². The van der Waals surface area contributed by atoms with Crippen LogP contribution in [0, 0.1) is 6.92 Å². The number of aryl methyl sites for hydroxylation is 1. The summed E-state index contributed by atoms with van der Waals surface area (Å²) in [6.45, 7) is 1.91. The van der Waals surface area contributed by atoms with E-state index in [1.165, 1.54) is 6.39 Å². The van der Waals surface area contributed by atoms with Crippen LogP contribution in [0.2, 0.25) is 0 Å². The number of rotatable bonds is 3. The number of hydrogen-bond acceptors (Lipinski definition) is 4. The van der Waals surface area contributed by atoms with Crippen LogP contribution in [-0.4, -0.2) is 21.4 Å². The normalized spacial score (nSPS) is 10.2. The van der Waals surface area contributed by atoms with Crippen LogP contribution in [0.3, 0.4) is 0 Å². The summed E-state index contributed by atoms with van der Waals surface area (Å²) in [7, 11) is 0. The Bertz CT molecular complexity index is 526. The molecule has 0 bridgehead atoms. The molecule has 2 rings (SSSR count). The van der Waals surface area contributed by atoms with Crippen LogP contribution in [0.5, 0.6) is 0 Å². The maximum Gasteiger partial charge on any atom is 0.247 e. The van der Waals surface area contributed by atoms with Gasteiger partial charge in [0.25, 0.3) is 0 Å². The van der Waals surface area contributed by atoms with E-state index in [1.807, 2.05) is 25.1 Å². The minimum Gasteiger partial charge on any atom is -0.423 e. The molecule has 1 N–H and O–H groups in total. The smallest absolute Gasteiger partial charge is 0.247 e. The van der Waals surface area contributed by atoms with Gasteiger partial charge in [0.2, 0.25) is 18.2 Å². The monoisotopic (exact) mass is 295 g/mol. The second-order valence-corrected chi connectivity index (χ2v) is 4.02. The van der Waals surface area contributed by atoms with Crippen LogP contribution in [0.1, 0.15) is 5.56 Å². The van der Waals surface area contributed by atoms with Gasteiger partial charge >= 0.3 is 0 Å². The number of nitrogens with zero attached hydrogens (tertiary/aromatic N) is 2. The van der Waals surface area contributed by atoms with Gasteiger partial charge in [-0.15, -0.1) is 10.2 Å². The Morgan fingerprint density at radius 3 is 2.94 bits per heavy atom. The average Bonchev–Trinajstić information content (AvgIpc) is 2.85. The number of aromatic nitrogens is 2. The highest BCUT2D eigenvalue weighted by atomic mass is 79.9. The lowest BCUT2D eigenvalue weighted by Gasteiger charge is -2.07. The summed E-state index contributed by atoms with van der Waals surface area (Å²) >= 11 is 3.10. The Balaban J connectivity index is 2.26. The molecule has 0 atom stereocenters. The summed E-state index contributed by atoms with van der Waals surface area (Å²) in [4.78, 5) is 11.2. The number of amides is 1. The summed E-state index contributed by atoms with van der Waals surface area (Å²) in [6.07, 6.45) is 1.28. The number of alkyl halides is 1. The molecule has 0 fully saturated rings. The minimum atomic E-state index is -0.0846. The first kappa shape index (κ1) is 11.8. The van der Waals surface area contributed by atoms with Gasteiger partial charge in [0, 0.05) is 11.3 Å². The molecule has 0 spiro atoms. The molecule has 0 saturated carbocycles. The van der Waals surface area contributed by atoms with Crippen molar-refractivity contribution < 1.29 is 9.21 Å². The second-order valence-electron chi connectivity index (χ2n) is 3.46. The molecule has 1 aromatic heterocycles. The molecule has 17 heavy (non-hydrogen) atoms. The third-order valence-corrected chi connectivity index (χ3v) is 2.74. The largest absolute Gasteiger partial charge is 0.423 e. The highest BCUT2D eigenvalue weighted by Gasteiger charge is 2.07. The summed E-state index contributed by atoms with van der Waals surface area (Å²) < 4.78 is 5.10. The van der Waals surface area contributed by atoms with Crippen molar-refractivity contribution in [3.8, 4) is 11.5 Å². The predicted octanol–water partition coefficient (Wildman–Crippen LogP) is 2.38. The van der Waals surface area contributed by atoms with Gasteiger partial charge < -0.3 is 9.73 Å². The average molecular weight is 296 g/mol. The van der Waals surface area contributed by atoms with Crippen LogP contribution >= 0.6 is 15.9 Å². The Morgan fingerprint density at radius 2 is 2.35 bits per heavy atom. The molecule has 0 aliphatic carbocycles. The van der Waals surface area contributed by atoms with Gasteiger partial charge in [-0.3, -0.25) is 4.79 Å². The third kappa shape index (κ3) is 2.71. The van der Waals surface area contributed by atoms with Crippen molar-refractivity contribution in [2.75, 3.05) is 10.6 Å². The zero-order chi connectivity index (χ0) is 12.3. The molecule has 1 amide bonds. The Hall–Kier alpha value is -1.69. The summed E-state index contributed by atoms with van der Waals surface area (Å²) in [6, 6.07) is 5.52. The standard InChI is InChI=1S/C11H10BrN3O2/c1-7-4-8(11-15-13-6-17-11)2-3-9(7)14-10(16)5-12/h2-4,6H,5H2,1H3,(H,14,16). The zero-order valence-electron chi connectivity index (χ0n) is 9.11. The van der Waals surface area contributed by atoms with E-state index in [0.29, 0.717) is 5.89 Å². The number of nitrogens with one attached hydrogen (secondary N) is 1. The zero-order valence-corrected chi connectivity index (χ0v) is 10.7. The second kappa shape index (κ2) is 5.09. The SMILES string of the molecule is Cc1cc(-c2nnco2)ccc1NC(=O)CBr. The van der Waals surface area contributed by atoms with Gasteiger partial charge in [-0.1, -0.05) is 15.9 Å². The molecule has 0 aliphatic heterocycles. The topological polar surface area (TPSA) is 68.0 Å². The first-order valence-electron chi connectivity index (χ1n) is 4.93. The van der Waals surface area contributed by atoms with Gasteiger partial charge in [0.15, 0.2) is 0 Å². The number of anilines is 1. The summed E-state index contributed by atoms with van der Waals surface area (Å²) in [5, 5.41) is 10.5. The number of carbonyl (C=O) groups is 1. The predicted molar refractivity (Wildman–Crippen MR) is 66.9 cm³/mol. The van der Waals surface area contributed by atoms with Crippen LogP contribution in [0.15, 0.2) is 29.0 Å².